The molecule has 1 fully saturated rings. The fraction of sp³-hybridized carbons (Fsp3) is 0.941. The highest BCUT2D eigenvalue weighted by molar-refractivity contribution is 5.78. The largest absolute Gasteiger partial charge is 0.342 e. The highest BCUT2D eigenvalue weighted by Crippen LogP contribution is 2.20. The Kier molecular flexibility index (Phi) is 8.27. The van der Waals surface area contributed by atoms with Crippen molar-refractivity contribution >= 4 is 5.91 Å². The number of nitrogens with zero attached hydrogens (tertiary/aromatic N) is 2. The normalized spacial score (nSPS) is 19.8. The minimum absolute atomic E-state index is 0.147. The summed E-state index contributed by atoms with van der Waals surface area (Å²) in [6, 6.07) is 0.912. The second kappa shape index (κ2) is 9.42. The topological polar surface area (TPSA) is 49.6 Å². The van der Waals surface area contributed by atoms with Gasteiger partial charge in [-0.25, -0.2) is 0 Å². The van der Waals surface area contributed by atoms with Gasteiger partial charge in [0.15, 0.2) is 0 Å². The van der Waals surface area contributed by atoms with E-state index in [1.165, 1.54) is 0 Å². The lowest BCUT2D eigenvalue weighted by Gasteiger charge is -2.38. The fourth-order valence-corrected chi connectivity index (χ4v) is 3.37. The van der Waals surface area contributed by atoms with E-state index in [2.05, 4.69) is 30.6 Å². The molecule has 1 aliphatic rings. The first-order valence-electron chi connectivity index (χ1n) is 8.77. The lowest BCUT2D eigenvalue weighted by Crippen LogP contribution is -2.47. The van der Waals surface area contributed by atoms with Crippen molar-refractivity contribution in [2.24, 2.45) is 11.7 Å². The zero-order chi connectivity index (χ0) is 15.8. The van der Waals surface area contributed by atoms with Crippen molar-refractivity contribution in [2.45, 2.75) is 71.9 Å². The molecule has 2 unspecified atom stereocenters. The molecular formula is C17H35N3O. The second-order valence-electron chi connectivity index (χ2n) is 6.59. The molecule has 2 atom stereocenters. The van der Waals surface area contributed by atoms with Crippen LogP contribution < -0.4 is 5.73 Å². The van der Waals surface area contributed by atoms with E-state index in [9.17, 15) is 4.79 Å². The Morgan fingerprint density at radius 3 is 2.24 bits per heavy atom. The number of likely N-dealkylation sites (tertiary alicyclic amines) is 1. The van der Waals surface area contributed by atoms with Crippen LogP contribution in [0.2, 0.25) is 0 Å². The predicted molar refractivity (Wildman–Crippen MR) is 89.2 cm³/mol. The molecule has 1 heterocycles. The minimum Gasteiger partial charge on any atom is -0.342 e. The molecule has 21 heavy (non-hydrogen) atoms. The van der Waals surface area contributed by atoms with E-state index in [1.54, 1.807) is 0 Å². The smallest absolute Gasteiger partial charge is 0.225 e. The predicted octanol–water partition coefficient (Wildman–Crippen LogP) is 2.47. The molecule has 0 bridgehead atoms. The Bertz CT molecular complexity index is 294. The minimum atomic E-state index is 0.147. The van der Waals surface area contributed by atoms with Gasteiger partial charge < -0.3 is 15.5 Å². The summed E-state index contributed by atoms with van der Waals surface area (Å²) in [5.41, 5.74) is 5.77. The summed E-state index contributed by atoms with van der Waals surface area (Å²) in [5.74, 6) is 0.492. The summed E-state index contributed by atoms with van der Waals surface area (Å²) >= 11 is 0. The maximum absolute atomic E-state index is 12.5. The van der Waals surface area contributed by atoms with Gasteiger partial charge in [-0.15, -0.1) is 0 Å². The molecule has 1 amide bonds. The maximum Gasteiger partial charge on any atom is 0.225 e. The van der Waals surface area contributed by atoms with Gasteiger partial charge in [0.2, 0.25) is 5.91 Å². The number of amides is 1. The standard InChI is InChI=1S/C17H35N3O/c1-5-19(6-2)16-10-12-20(13-11-16)17(21)14(3)8-7-9-15(4)18/h14-16H,5-13,18H2,1-4H3. The third-order valence-electron chi connectivity index (χ3n) is 4.82. The Labute approximate surface area is 131 Å². The number of piperidine rings is 1. The SMILES string of the molecule is CCN(CC)C1CCN(C(=O)C(C)CCCC(C)N)CC1. The summed E-state index contributed by atoms with van der Waals surface area (Å²) in [5, 5.41) is 0. The average molecular weight is 297 g/mol. The molecule has 124 valence electrons. The first-order chi connectivity index (χ1) is 9.99. The Morgan fingerprint density at radius 2 is 1.76 bits per heavy atom. The van der Waals surface area contributed by atoms with Gasteiger partial charge in [0, 0.05) is 31.1 Å². The van der Waals surface area contributed by atoms with E-state index in [1.807, 2.05) is 6.92 Å². The van der Waals surface area contributed by atoms with Gasteiger partial charge in [-0.3, -0.25) is 4.79 Å². The van der Waals surface area contributed by atoms with Crippen molar-refractivity contribution in [3.8, 4) is 0 Å². The van der Waals surface area contributed by atoms with Gasteiger partial charge in [-0.1, -0.05) is 27.2 Å². The monoisotopic (exact) mass is 297 g/mol. The van der Waals surface area contributed by atoms with Crippen molar-refractivity contribution in [3.05, 3.63) is 0 Å². The summed E-state index contributed by atoms with van der Waals surface area (Å²) in [4.78, 5) is 17.1. The van der Waals surface area contributed by atoms with Crippen LogP contribution in [0.4, 0.5) is 0 Å². The molecule has 0 aliphatic carbocycles. The van der Waals surface area contributed by atoms with E-state index in [4.69, 9.17) is 5.73 Å². The maximum atomic E-state index is 12.5. The van der Waals surface area contributed by atoms with Crippen LogP contribution in [0.25, 0.3) is 0 Å². The van der Waals surface area contributed by atoms with Gasteiger partial charge in [0.25, 0.3) is 0 Å². The molecule has 1 saturated heterocycles. The quantitative estimate of drug-likeness (QED) is 0.749. The molecular weight excluding hydrogens is 262 g/mol. The van der Waals surface area contributed by atoms with Crippen LogP contribution >= 0.6 is 0 Å². The van der Waals surface area contributed by atoms with Gasteiger partial charge in [0.1, 0.15) is 0 Å². The van der Waals surface area contributed by atoms with Crippen LogP contribution in [0.1, 0.15) is 59.8 Å². The van der Waals surface area contributed by atoms with E-state index < -0.39 is 0 Å². The van der Waals surface area contributed by atoms with Gasteiger partial charge in [0.05, 0.1) is 0 Å². The van der Waals surface area contributed by atoms with Crippen LogP contribution in [0.15, 0.2) is 0 Å². The number of rotatable bonds is 8. The average Bonchev–Trinajstić information content (AvgIpc) is 2.48. The number of hydrogen-bond donors (Lipinski definition) is 1. The number of carbonyl (C=O) groups excluding carboxylic acids is 1. The molecule has 0 aromatic carbocycles. The van der Waals surface area contributed by atoms with Crippen molar-refractivity contribution in [2.75, 3.05) is 26.2 Å². The third-order valence-corrected chi connectivity index (χ3v) is 4.82. The molecule has 4 nitrogen and oxygen atoms in total. The summed E-state index contributed by atoms with van der Waals surface area (Å²) in [6.07, 6.45) is 5.29. The van der Waals surface area contributed by atoms with Crippen LogP contribution in [-0.2, 0) is 4.79 Å². The molecule has 0 aromatic heterocycles. The summed E-state index contributed by atoms with van der Waals surface area (Å²) in [6.45, 7) is 12.6. The first-order valence-corrected chi connectivity index (χ1v) is 8.77. The first kappa shape index (κ1) is 18.4. The Morgan fingerprint density at radius 1 is 1.19 bits per heavy atom. The van der Waals surface area contributed by atoms with Crippen LogP contribution in [0.3, 0.4) is 0 Å². The Balaban J connectivity index is 2.34. The highest BCUT2D eigenvalue weighted by atomic mass is 16.2. The van der Waals surface area contributed by atoms with Crippen molar-refractivity contribution in [3.63, 3.8) is 0 Å². The van der Waals surface area contributed by atoms with E-state index >= 15 is 0 Å². The van der Waals surface area contributed by atoms with Crippen molar-refractivity contribution < 1.29 is 4.79 Å². The van der Waals surface area contributed by atoms with Gasteiger partial charge in [-0.2, -0.15) is 0 Å². The number of nitrogens with two attached hydrogens (primary N) is 1. The zero-order valence-electron chi connectivity index (χ0n) is 14.5. The highest BCUT2D eigenvalue weighted by Gasteiger charge is 2.27. The molecule has 2 N–H and O–H groups in total. The van der Waals surface area contributed by atoms with Gasteiger partial charge >= 0.3 is 0 Å². The Hall–Kier alpha value is -0.610. The summed E-state index contributed by atoms with van der Waals surface area (Å²) in [7, 11) is 0. The second-order valence-corrected chi connectivity index (χ2v) is 6.59. The van der Waals surface area contributed by atoms with Gasteiger partial charge in [-0.05, 0) is 45.7 Å². The van der Waals surface area contributed by atoms with Crippen LogP contribution in [0, 0.1) is 5.92 Å². The van der Waals surface area contributed by atoms with Crippen LogP contribution in [-0.4, -0.2) is 54.0 Å². The van der Waals surface area contributed by atoms with E-state index in [0.717, 1.165) is 58.3 Å². The van der Waals surface area contributed by atoms with Crippen LogP contribution in [0.5, 0.6) is 0 Å². The lowest BCUT2D eigenvalue weighted by atomic mass is 9.98. The third kappa shape index (κ3) is 5.95. The van der Waals surface area contributed by atoms with Crippen molar-refractivity contribution in [1.29, 1.82) is 0 Å². The number of carbonyl (C=O) groups is 1. The van der Waals surface area contributed by atoms with Crippen molar-refractivity contribution in [1.82, 2.24) is 9.80 Å². The zero-order valence-corrected chi connectivity index (χ0v) is 14.5. The van der Waals surface area contributed by atoms with E-state index in [0.29, 0.717) is 11.9 Å². The van der Waals surface area contributed by atoms with E-state index in [-0.39, 0.29) is 12.0 Å². The molecule has 0 aromatic rings. The molecule has 0 radical (unpaired) electrons. The fourth-order valence-electron chi connectivity index (χ4n) is 3.37. The lowest BCUT2D eigenvalue weighted by molar-refractivity contribution is -0.136. The molecule has 0 saturated carbocycles. The number of hydrogen-bond acceptors (Lipinski definition) is 3. The molecule has 0 spiro atoms. The molecule has 4 heteroatoms. The molecule has 1 aliphatic heterocycles. The molecule has 1 rings (SSSR count). The summed E-state index contributed by atoms with van der Waals surface area (Å²) < 4.78 is 0.